The average Bonchev–Trinajstić information content (AvgIpc) is 2.69. The number of benzene rings is 2. The minimum atomic E-state index is -0.783. The summed E-state index contributed by atoms with van der Waals surface area (Å²) in [6, 6.07) is 12.6. The van der Waals surface area contributed by atoms with Crippen LogP contribution in [0.5, 0.6) is 5.75 Å². The molecule has 7 nitrogen and oxygen atoms in total. The Bertz CT molecular complexity index is 1160. The van der Waals surface area contributed by atoms with Gasteiger partial charge in [0.2, 0.25) is 5.91 Å². The van der Waals surface area contributed by atoms with Crippen LogP contribution in [0.15, 0.2) is 64.4 Å². The molecular formula is C22H23N3O4. The maximum Gasteiger partial charge on any atom is 0.321 e. The first-order valence-electron chi connectivity index (χ1n) is 9.32. The number of amides is 1. The summed E-state index contributed by atoms with van der Waals surface area (Å²) < 4.78 is 7.86. The second kappa shape index (κ2) is 8.60. The van der Waals surface area contributed by atoms with Gasteiger partial charge in [0.1, 0.15) is 12.3 Å². The predicted molar refractivity (Wildman–Crippen MR) is 112 cm³/mol. The maximum atomic E-state index is 12.6. The first-order valence-corrected chi connectivity index (χ1v) is 9.32. The van der Waals surface area contributed by atoms with Gasteiger partial charge in [-0.25, -0.2) is 0 Å². The van der Waals surface area contributed by atoms with Crippen molar-refractivity contribution in [1.29, 1.82) is 0 Å². The molecule has 3 aromatic rings. The highest BCUT2D eigenvalue weighted by Crippen LogP contribution is 2.20. The van der Waals surface area contributed by atoms with Gasteiger partial charge in [-0.2, -0.15) is 0 Å². The fraction of sp³-hybridized carbons (Fsp3) is 0.227. The number of aryl methyl sites for hydroxylation is 2. The smallest absolute Gasteiger partial charge is 0.321 e. The molecule has 0 fully saturated rings. The summed E-state index contributed by atoms with van der Waals surface area (Å²) in [5, 5.41) is 2.78. The molecule has 2 aromatic carbocycles. The number of nitrogens with zero attached hydrogens (tertiary/aromatic N) is 2. The zero-order chi connectivity index (χ0) is 21.0. The van der Waals surface area contributed by atoms with Crippen molar-refractivity contribution in [1.82, 2.24) is 9.13 Å². The molecule has 1 amide bonds. The van der Waals surface area contributed by atoms with Crippen LogP contribution in [0.3, 0.4) is 0 Å². The lowest BCUT2D eigenvalue weighted by molar-refractivity contribution is -0.116. The number of para-hydroxylation sites is 2. The molecule has 1 aromatic heterocycles. The Morgan fingerprint density at radius 3 is 2.52 bits per heavy atom. The van der Waals surface area contributed by atoms with E-state index < -0.39 is 11.1 Å². The Balaban J connectivity index is 1.86. The molecule has 0 aliphatic carbocycles. The van der Waals surface area contributed by atoms with E-state index in [1.807, 2.05) is 39.0 Å². The Morgan fingerprint density at radius 2 is 1.79 bits per heavy atom. The molecule has 0 saturated carbocycles. The number of rotatable bonds is 6. The van der Waals surface area contributed by atoms with Crippen LogP contribution < -0.4 is 21.2 Å². The van der Waals surface area contributed by atoms with Crippen molar-refractivity contribution in [3.63, 3.8) is 0 Å². The summed E-state index contributed by atoms with van der Waals surface area (Å²) in [5.74, 6) is 0.118. The Hall–Kier alpha value is -3.61. The molecule has 7 heteroatoms. The van der Waals surface area contributed by atoms with Crippen LogP contribution >= 0.6 is 0 Å². The Morgan fingerprint density at radius 1 is 1.03 bits per heavy atom. The third kappa shape index (κ3) is 4.45. The average molecular weight is 393 g/mol. The lowest BCUT2D eigenvalue weighted by Crippen LogP contribution is -2.41. The van der Waals surface area contributed by atoms with Crippen molar-refractivity contribution < 1.29 is 9.53 Å². The van der Waals surface area contributed by atoms with E-state index in [9.17, 15) is 14.4 Å². The minimum absolute atomic E-state index is 0.255. The van der Waals surface area contributed by atoms with Crippen LogP contribution in [0.25, 0.3) is 5.69 Å². The van der Waals surface area contributed by atoms with Crippen molar-refractivity contribution in [2.45, 2.75) is 27.3 Å². The molecule has 0 radical (unpaired) electrons. The highest BCUT2D eigenvalue weighted by Gasteiger charge is 2.13. The van der Waals surface area contributed by atoms with Crippen molar-refractivity contribution >= 4 is 11.6 Å². The zero-order valence-electron chi connectivity index (χ0n) is 16.6. The lowest BCUT2D eigenvalue weighted by Gasteiger charge is -2.13. The molecule has 0 saturated heterocycles. The largest absolute Gasteiger partial charge is 0.492 e. The third-order valence-electron chi connectivity index (χ3n) is 4.45. The van der Waals surface area contributed by atoms with Gasteiger partial charge >= 0.3 is 11.1 Å². The van der Waals surface area contributed by atoms with E-state index in [1.54, 1.807) is 24.3 Å². The second-order valence-electron chi connectivity index (χ2n) is 6.67. The molecule has 0 spiro atoms. The molecule has 0 aliphatic rings. The van der Waals surface area contributed by atoms with E-state index in [1.165, 1.54) is 17.0 Å². The van der Waals surface area contributed by atoms with Gasteiger partial charge in [0.05, 0.1) is 12.3 Å². The second-order valence-corrected chi connectivity index (χ2v) is 6.67. The number of anilines is 1. The van der Waals surface area contributed by atoms with Crippen LogP contribution in [0.2, 0.25) is 0 Å². The summed E-state index contributed by atoms with van der Waals surface area (Å²) in [6.45, 7) is 5.88. The van der Waals surface area contributed by atoms with Gasteiger partial charge in [-0.15, -0.1) is 0 Å². The normalized spacial score (nSPS) is 10.6. The van der Waals surface area contributed by atoms with E-state index in [-0.39, 0.29) is 12.5 Å². The van der Waals surface area contributed by atoms with Crippen LogP contribution in [-0.4, -0.2) is 21.6 Å². The van der Waals surface area contributed by atoms with Crippen LogP contribution in [-0.2, 0) is 11.3 Å². The summed E-state index contributed by atoms with van der Waals surface area (Å²) in [4.78, 5) is 37.5. The minimum Gasteiger partial charge on any atom is -0.492 e. The first kappa shape index (κ1) is 20.1. The van der Waals surface area contributed by atoms with Gasteiger partial charge in [-0.1, -0.05) is 29.8 Å². The molecule has 0 aliphatic heterocycles. The topological polar surface area (TPSA) is 82.3 Å². The zero-order valence-corrected chi connectivity index (χ0v) is 16.6. The fourth-order valence-corrected chi connectivity index (χ4v) is 3.05. The first-order chi connectivity index (χ1) is 13.9. The van der Waals surface area contributed by atoms with Crippen molar-refractivity contribution in [3.05, 3.63) is 86.7 Å². The van der Waals surface area contributed by atoms with Gasteiger partial charge in [0.15, 0.2) is 0 Å². The van der Waals surface area contributed by atoms with Gasteiger partial charge in [0, 0.05) is 18.1 Å². The maximum absolute atomic E-state index is 12.6. The molecule has 3 rings (SSSR count). The van der Waals surface area contributed by atoms with Crippen molar-refractivity contribution in [3.8, 4) is 11.4 Å². The molecule has 29 heavy (non-hydrogen) atoms. The van der Waals surface area contributed by atoms with E-state index >= 15 is 0 Å². The van der Waals surface area contributed by atoms with Crippen LogP contribution in [0.4, 0.5) is 5.69 Å². The van der Waals surface area contributed by atoms with Gasteiger partial charge in [-0.05, 0) is 44.5 Å². The number of carbonyl (C=O) groups excluding carboxylic acids is 1. The SMILES string of the molecule is CCOc1ccccc1-n1ccn(CC(=O)Nc2ccc(C)cc2C)c(=O)c1=O. The standard InChI is InChI=1S/C22H23N3O4/c1-4-29-19-8-6-5-7-18(19)25-12-11-24(21(27)22(25)28)14-20(26)23-17-10-9-15(2)13-16(17)3/h5-13H,4,14H2,1-3H3,(H,23,26). The Kier molecular flexibility index (Phi) is 5.97. The van der Waals surface area contributed by atoms with Crippen molar-refractivity contribution in [2.75, 3.05) is 11.9 Å². The number of nitrogens with one attached hydrogen (secondary N) is 1. The van der Waals surface area contributed by atoms with E-state index in [0.29, 0.717) is 23.7 Å². The summed E-state index contributed by atoms with van der Waals surface area (Å²) >= 11 is 0. The van der Waals surface area contributed by atoms with Crippen LogP contribution in [0, 0.1) is 13.8 Å². The number of carbonyl (C=O) groups is 1. The number of hydrogen-bond donors (Lipinski definition) is 1. The summed E-state index contributed by atoms with van der Waals surface area (Å²) in [5.41, 5.74) is 1.63. The monoisotopic (exact) mass is 393 g/mol. The molecule has 0 unspecified atom stereocenters. The number of aromatic nitrogens is 2. The van der Waals surface area contributed by atoms with E-state index in [4.69, 9.17) is 4.74 Å². The number of hydrogen-bond acceptors (Lipinski definition) is 4. The molecular weight excluding hydrogens is 370 g/mol. The van der Waals surface area contributed by atoms with E-state index in [0.717, 1.165) is 15.7 Å². The lowest BCUT2D eigenvalue weighted by atomic mass is 10.1. The third-order valence-corrected chi connectivity index (χ3v) is 4.45. The quantitative estimate of drug-likeness (QED) is 0.653. The molecule has 0 bridgehead atoms. The fourth-order valence-electron chi connectivity index (χ4n) is 3.05. The Labute approximate surface area is 168 Å². The predicted octanol–water partition coefficient (Wildman–Crippen LogP) is 2.65. The van der Waals surface area contributed by atoms with Gasteiger partial charge in [-0.3, -0.25) is 23.5 Å². The number of ether oxygens (including phenoxy) is 1. The van der Waals surface area contributed by atoms with Crippen LogP contribution in [0.1, 0.15) is 18.1 Å². The molecule has 0 atom stereocenters. The highest BCUT2D eigenvalue weighted by molar-refractivity contribution is 5.91. The van der Waals surface area contributed by atoms with Gasteiger partial charge in [0.25, 0.3) is 0 Å². The van der Waals surface area contributed by atoms with E-state index in [2.05, 4.69) is 5.32 Å². The van der Waals surface area contributed by atoms with Crippen molar-refractivity contribution in [2.24, 2.45) is 0 Å². The molecule has 1 heterocycles. The summed E-state index contributed by atoms with van der Waals surface area (Å²) in [6.07, 6.45) is 2.89. The highest BCUT2D eigenvalue weighted by atomic mass is 16.5. The van der Waals surface area contributed by atoms with Gasteiger partial charge < -0.3 is 10.1 Å². The molecule has 1 N–H and O–H groups in total. The molecule has 150 valence electrons. The summed E-state index contributed by atoms with van der Waals surface area (Å²) in [7, 11) is 0.